The summed E-state index contributed by atoms with van der Waals surface area (Å²) < 4.78 is 1.01. The van der Waals surface area contributed by atoms with Gasteiger partial charge in [0.25, 0.3) is 5.91 Å². The summed E-state index contributed by atoms with van der Waals surface area (Å²) in [5, 5.41) is 5.16. The lowest BCUT2D eigenvalue weighted by Gasteiger charge is -2.32. The van der Waals surface area contributed by atoms with E-state index in [9.17, 15) is 4.79 Å². The van der Waals surface area contributed by atoms with Gasteiger partial charge in [-0.3, -0.25) is 4.79 Å². The van der Waals surface area contributed by atoms with Crippen molar-refractivity contribution in [3.63, 3.8) is 0 Å². The van der Waals surface area contributed by atoms with E-state index in [1.54, 1.807) is 11.3 Å². The van der Waals surface area contributed by atoms with E-state index in [0.29, 0.717) is 6.04 Å². The third-order valence-electron chi connectivity index (χ3n) is 2.93. The van der Waals surface area contributed by atoms with Gasteiger partial charge in [0.2, 0.25) is 0 Å². The highest BCUT2D eigenvalue weighted by atomic mass is 79.9. The minimum absolute atomic E-state index is 0.155. The second-order valence-electron chi connectivity index (χ2n) is 4.02. The predicted octanol–water partition coefficient (Wildman–Crippen LogP) is 2.33. The van der Waals surface area contributed by atoms with Crippen LogP contribution in [0.2, 0.25) is 0 Å². The van der Waals surface area contributed by atoms with E-state index in [2.05, 4.69) is 21.2 Å². The molecule has 0 aromatic carbocycles. The van der Waals surface area contributed by atoms with Gasteiger partial charge in [0.15, 0.2) is 0 Å². The minimum Gasteiger partial charge on any atom is -0.337 e. The average Bonchev–Trinajstić information content (AvgIpc) is 2.75. The molecule has 2 rings (SSSR count). The van der Waals surface area contributed by atoms with Gasteiger partial charge in [0.05, 0.1) is 9.35 Å². The molecule has 0 spiro atoms. The number of rotatable bonds is 2. The van der Waals surface area contributed by atoms with Gasteiger partial charge in [-0.05, 0) is 41.9 Å². The molecule has 3 nitrogen and oxygen atoms in total. The van der Waals surface area contributed by atoms with Crippen LogP contribution in [0.4, 0.5) is 0 Å². The van der Waals surface area contributed by atoms with Crippen molar-refractivity contribution in [1.82, 2.24) is 10.2 Å². The topological polar surface area (TPSA) is 32.3 Å². The fourth-order valence-electron chi connectivity index (χ4n) is 2.00. The molecule has 1 unspecified atom stereocenters. The second-order valence-corrected chi connectivity index (χ2v) is 6.31. The Morgan fingerprint density at radius 3 is 3.12 bits per heavy atom. The molecular formula is C11H15BrN2OS. The highest BCUT2D eigenvalue weighted by Gasteiger charge is 2.23. The summed E-state index contributed by atoms with van der Waals surface area (Å²) in [6.45, 7) is 1.70. The zero-order valence-corrected chi connectivity index (χ0v) is 11.6. The third-order valence-corrected chi connectivity index (χ3v) is 4.44. The Morgan fingerprint density at radius 1 is 1.69 bits per heavy atom. The van der Waals surface area contributed by atoms with Crippen LogP contribution in [0.15, 0.2) is 15.2 Å². The summed E-state index contributed by atoms with van der Waals surface area (Å²) in [6, 6.07) is 2.34. The van der Waals surface area contributed by atoms with Gasteiger partial charge < -0.3 is 10.2 Å². The van der Waals surface area contributed by atoms with E-state index in [-0.39, 0.29) is 5.91 Å². The number of nitrogens with one attached hydrogen (secondary N) is 1. The first kappa shape index (κ1) is 12.1. The molecule has 1 saturated heterocycles. The Morgan fingerprint density at radius 2 is 2.50 bits per heavy atom. The zero-order chi connectivity index (χ0) is 11.5. The van der Waals surface area contributed by atoms with Gasteiger partial charge in [0, 0.05) is 24.5 Å². The van der Waals surface area contributed by atoms with Crippen molar-refractivity contribution < 1.29 is 4.79 Å². The standard InChI is InChI=1S/C11H15BrN2OS/c1-13-9-3-2-4-14(6-9)11(15)8-5-10(12)16-7-8/h5,7,9,13H,2-4,6H2,1H3. The van der Waals surface area contributed by atoms with E-state index >= 15 is 0 Å². The number of hydrogen-bond acceptors (Lipinski definition) is 3. The number of carbonyl (C=O) groups is 1. The number of nitrogens with zero attached hydrogens (tertiary/aromatic N) is 1. The van der Waals surface area contributed by atoms with E-state index in [0.717, 1.165) is 35.3 Å². The van der Waals surface area contributed by atoms with Crippen molar-refractivity contribution in [3.8, 4) is 0 Å². The minimum atomic E-state index is 0.155. The number of hydrogen-bond donors (Lipinski definition) is 1. The lowest BCUT2D eigenvalue weighted by molar-refractivity contribution is 0.0698. The molecule has 1 atom stereocenters. The molecule has 1 amide bonds. The molecule has 1 fully saturated rings. The van der Waals surface area contributed by atoms with Gasteiger partial charge in [-0.15, -0.1) is 11.3 Å². The smallest absolute Gasteiger partial charge is 0.254 e. The Bertz CT molecular complexity index is 380. The summed E-state index contributed by atoms with van der Waals surface area (Å²) in [4.78, 5) is 14.1. The molecular weight excluding hydrogens is 288 g/mol. The molecule has 2 heterocycles. The van der Waals surface area contributed by atoms with Crippen molar-refractivity contribution in [1.29, 1.82) is 0 Å². The number of likely N-dealkylation sites (N-methyl/N-ethyl adjacent to an activating group) is 1. The van der Waals surface area contributed by atoms with Crippen LogP contribution in [0.1, 0.15) is 23.2 Å². The Kier molecular flexibility index (Phi) is 4.00. The Hall–Kier alpha value is -0.390. The van der Waals surface area contributed by atoms with Crippen molar-refractivity contribution in [2.24, 2.45) is 0 Å². The van der Waals surface area contributed by atoms with E-state index in [4.69, 9.17) is 0 Å². The summed E-state index contributed by atoms with van der Waals surface area (Å²) in [5.41, 5.74) is 0.800. The van der Waals surface area contributed by atoms with Crippen molar-refractivity contribution in [3.05, 3.63) is 20.8 Å². The SMILES string of the molecule is CNC1CCCN(C(=O)c2csc(Br)c2)C1. The number of piperidine rings is 1. The number of likely N-dealkylation sites (tertiary alicyclic amines) is 1. The fraction of sp³-hybridized carbons (Fsp3) is 0.545. The molecule has 1 aliphatic heterocycles. The molecule has 1 aliphatic rings. The fourth-order valence-corrected chi connectivity index (χ4v) is 3.13. The van der Waals surface area contributed by atoms with Gasteiger partial charge >= 0.3 is 0 Å². The highest BCUT2D eigenvalue weighted by Crippen LogP contribution is 2.23. The van der Waals surface area contributed by atoms with E-state index in [1.165, 1.54) is 0 Å². The normalized spacial score (nSPS) is 21.1. The predicted molar refractivity (Wildman–Crippen MR) is 70.0 cm³/mol. The molecule has 1 N–H and O–H groups in total. The summed E-state index contributed by atoms with van der Waals surface area (Å²) in [5.74, 6) is 0.155. The molecule has 1 aromatic heterocycles. The van der Waals surface area contributed by atoms with Crippen molar-refractivity contribution in [2.45, 2.75) is 18.9 Å². The molecule has 0 bridgehead atoms. The van der Waals surface area contributed by atoms with E-state index < -0.39 is 0 Å². The van der Waals surface area contributed by atoms with Crippen molar-refractivity contribution in [2.75, 3.05) is 20.1 Å². The number of thiophene rings is 1. The van der Waals surface area contributed by atoms with Crippen LogP contribution >= 0.6 is 27.3 Å². The van der Waals surface area contributed by atoms with Crippen LogP contribution in [0.3, 0.4) is 0 Å². The first-order valence-electron chi connectivity index (χ1n) is 5.41. The van der Waals surface area contributed by atoms with Gasteiger partial charge in [0.1, 0.15) is 0 Å². The average molecular weight is 303 g/mol. The number of halogens is 1. The number of carbonyl (C=O) groups excluding carboxylic acids is 1. The maximum absolute atomic E-state index is 12.2. The van der Waals surface area contributed by atoms with Crippen LogP contribution in [-0.2, 0) is 0 Å². The zero-order valence-electron chi connectivity index (χ0n) is 9.20. The Balaban J connectivity index is 2.04. The van der Waals surface area contributed by atoms with Crippen LogP contribution in [0, 0.1) is 0 Å². The summed E-state index contributed by atoms with van der Waals surface area (Å²) in [6.07, 6.45) is 2.25. The lowest BCUT2D eigenvalue weighted by Crippen LogP contribution is -2.46. The quantitative estimate of drug-likeness (QED) is 0.909. The molecule has 5 heteroatoms. The molecule has 88 valence electrons. The van der Waals surface area contributed by atoms with E-state index in [1.807, 2.05) is 23.4 Å². The van der Waals surface area contributed by atoms with Crippen molar-refractivity contribution >= 4 is 33.2 Å². The van der Waals surface area contributed by atoms with Gasteiger partial charge in [-0.2, -0.15) is 0 Å². The van der Waals surface area contributed by atoms with Crippen LogP contribution in [-0.4, -0.2) is 37.0 Å². The molecule has 0 radical (unpaired) electrons. The molecule has 1 aromatic rings. The maximum atomic E-state index is 12.2. The molecule has 0 aliphatic carbocycles. The third kappa shape index (κ3) is 2.64. The first-order chi connectivity index (χ1) is 7.70. The second kappa shape index (κ2) is 5.29. The molecule has 16 heavy (non-hydrogen) atoms. The van der Waals surface area contributed by atoms with Crippen LogP contribution in [0.25, 0.3) is 0 Å². The van der Waals surface area contributed by atoms with Crippen LogP contribution < -0.4 is 5.32 Å². The monoisotopic (exact) mass is 302 g/mol. The summed E-state index contributed by atoms with van der Waals surface area (Å²) in [7, 11) is 1.96. The largest absolute Gasteiger partial charge is 0.337 e. The summed E-state index contributed by atoms with van der Waals surface area (Å²) >= 11 is 4.94. The van der Waals surface area contributed by atoms with Gasteiger partial charge in [-0.25, -0.2) is 0 Å². The lowest BCUT2D eigenvalue weighted by atomic mass is 10.1. The maximum Gasteiger partial charge on any atom is 0.254 e. The number of amides is 1. The highest BCUT2D eigenvalue weighted by molar-refractivity contribution is 9.11. The van der Waals surface area contributed by atoms with Gasteiger partial charge in [-0.1, -0.05) is 0 Å². The van der Waals surface area contributed by atoms with Crippen LogP contribution in [0.5, 0.6) is 0 Å². The molecule has 0 saturated carbocycles. The Labute approximate surface area is 108 Å². The first-order valence-corrected chi connectivity index (χ1v) is 7.08.